The lowest BCUT2D eigenvalue weighted by molar-refractivity contribution is -0.122. The number of nitrogens with zero attached hydrogens (tertiary/aromatic N) is 1. The van der Waals surface area contributed by atoms with Crippen molar-refractivity contribution >= 4 is 68.4 Å². The number of carbonyl (C=O) groups is 2. The Morgan fingerprint density at radius 2 is 1.97 bits per heavy atom. The van der Waals surface area contributed by atoms with Crippen molar-refractivity contribution in [1.29, 1.82) is 0 Å². The summed E-state index contributed by atoms with van der Waals surface area (Å²) in [5.74, 6) is -0.117. The van der Waals surface area contributed by atoms with Crippen LogP contribution in [0.2, 0.25) is 5.02 Å². The van der Waals surface area contributed by atoms with E-state index >= 15 is 0 Å². The van der Waals surface area contributed by atoms with E-state index in [0.29, 0.717) is 37.8 Å². The highest BCUT2D eigenvalue weighted by molar-refractivity contribution is 9.10. The van der Waals surface area contributed by atoms with Crippen LogP contribution in [0.5, 0.6) is 11.5 Å². The summed E-state index contributed by atoms with van der Waals surface area (Å²) < 4.78 is 11.9. The molecule has 0 aliphatic carbocycles. The Hall–Kier alpha value is -2.42. The molecule has 1 saturated heterocycles. The predicted molar refractivity (Wildman–Crippen MR) is 129 cm³/mol. The van der Waals surface area contributed by atoms with E-state index < -0.39 is 11.8 Å². The van der Waals surface area contributed by atoms with Gasteiger partial charge in [-0.25, -0.2) is 0 Å². The number of nitrogens with one attached hydrogen (secondary N) is 1. The molecular formula is C22H20BrClN2O4S. The Morgan fingerprint density at radius 1 is 1.26 bits per heavy atom. The molecule has 1 heterocycles. The van der Waals surface area contributed by atoms with Crippen LogP contribution >= 0.6 is 39.7 Å². The van der Waals surface area contributed by atoms with Gasteiger partial charge in [0.2, 0.25) is 0 Å². The second kappa shape index (κ2) is 9.38. The summed E-state index contributed by atoms with van der Waals surface area (Å²) in [5, 5.41) is 3.06. The zero-order valence-corrected chi connectivity index (χ0v) is 20.4. The number of hydrogen-bond acceptors (Lipinski definition) is 5. The molecule has 0 atom stereocenters. The van der Waals surface area contributed by atoms with Crippen molar-refractivity contribution in [1.82, 2.24) is 5.32 Å². The van der Waals surface area contributed by atoms with Crippen molar-refractivity contribution in [3.05, 3.63) is 56.5 Å². The van der Waals surface area contributed by atoms with Gasteiger partial charge in [-0.2, -0.15) is 0 Å². The molecule has 1 aliphatic rings. The van der Waals surface area contributed by atoms with Crippen molar-refractivity contribution in [2.75, 3.05) is 12.0 Å². The number of ether oxygens (including phenoxy) is 2. The molecule has 1 fully saturated rings. The topological polar surface area (TPSA) is 67.9 Å². The minimum atomic E-state index is -0.580. The molecule has 162 valence electrons. The number of thiocarbonyl (C=S) groups is 1. The van der Waals surface area contributed by atoms with Gasteiger partial charge < -0.3 is 9.47 Å². The molecule has 0 aromatic heterocycles. The third-order valence-electron chi connectivity index (χ3n) is 4.50. The predicted octanol–water partition coefficient (Wildman–Crippen LogP) is 5.04. The number of carbonyl (C=O) groups excluding carboxylic acids is 2. The SMILES string of the molecule is COc1cc(/C=C2\C(=O)NC(=S)N(c3cccc(Cl)c3C)C2=O)cc(Br)c1OC(C)C. The third-order valence-corrected chi connectivity index (χ3v) is 5.78. The van der Waals surface area contributed by atoms with Crippen molar-refractivity contribution in [2.24, 2.45) is 0 Å². The van der Waals surface area contributed by atoms with Gasteiger partial charge in [0.1, 0.15) is 5.57 Å². The number of halogens is 2. The lowest BCUT2D eigenvalue weighted by Gasteiger charge is -2.30. The van der Waals surface area contributed by atoms with Gasteiger partial charge in [0.15, 0.2) is 16.6 Å². The molecule has 0 unspecified atom stereocenters. The quantitative estimate of drug-likeness (QED) is 0.338. The summed E-state index contributed by atoms with van der Waals surface area (Å²) in [6, 6.07) is 8.60. The van der Waals surface area contributed by atoms with E-state index in [2.05, 4.69) is 21.2 Å². The minimum Gasteiger partial charge on any atom is -0.493 e. The van der Waals surface area contributed by atoms with Crippen molar-refractivity contribution in [2.45, 2.75) is 26.9 Å². The van der Waals surface area contributed by atoms with Crippen LogP contribution in [0.1, 0.15) is 25.0 Å². The van der Waals surface area contributed by atoms with Gasteiger partial charge in [0, 0.05) is 5.02 Å². The maximum absolute atomic E-state index is 13.3. The number of benzene rings is 2. The van der Waals surface area contributed by atoms with Crippen LogP contribution in [0.25, 0.3) is 6.08 Å². The highest BCUT2D eigenvalue weighted by Gasteiger charge is 2.35. The largest absolute Gasteiger partial charge is 0.493 e. The number of hydrogen-bond donors (Lipinski definition) is 1. The summed E-state index contributed by atoms with van der Waals surface area (Å²) in [5.41, 5.74) is 1.69. The van der Waals surface area contributed by atoms with Gasteiger partial charge in [-0.15, -0.1) is 0 Å². The fraction of sp³-hybridized carbons (Fsp3) is 0.227. The smallest absolute Gasteiger partial charge is 0.270 e. The molecule has 3 rings (SSSR count). The number of methoxy groups -OCH3 is 1. The zero-order chi connectivity index (χ0) is 22.9. The molecule has 0 bridgehead atoms. The van der Waals surface area contributed by atoms with Gasteiger partial charge in [0.05, 0.1) is 23.4 Å². The van der Waals surface area contributed by atoms with Gasteiger partial charge in [-0.1, -0.05) is 17.7 Å². The third kappa shape index (κ3) is 4.76. The molecule has 0 radical (unpaired) electrons. The number of amides is 2. The second-order valence-electron chi connectivity index (χ2n) is 7.04. The molecule has 0 saturated carbocycles. The first kappa shape index (κ1) is 23.2. The number of anilines is 1. The molecular weight excluding hydrogens is 504 g/mol. The van der Waals surface area contributed by atoms with E-state index in [1.165, 1.54) is 18.1 Å². The first-order valence-electron chi connectivity index (χ1n) is 9.34. The lowest BCUT2D eigenvalue weighted by atomic mass is 10.1. The van der Waals surface area contributed by atoms with E-state index in [1.54, 1.807) is 37.3 Å². The summed E-state index contributed by atoms with van der Waals surface area (Å²) in [4.78, 5) is 27.1. The average Bonchev–Trinajstić information content (AvgIpc) is 2.69. The average molecular weight is 524 g/mol. The van der Waals surface area contributed by atoms with E-state index in [0.717, 1.165) is 0 Å². The Morgan fingerprint density at radius 3 is 2.61 bits per heavy atom. The van der Waals surface area contributed by atoms with Crippen LogP contribution < -0.4 is 19.7 Å². The minimum absolute atomic E-state index is 0.00282. The Bertz CT molecular complexity index is 1120. The first-order chi connectivity index (χ1) is 14.6. The Labute approximate surface area is 199 Å². The van der Waals surface area contributed by atoms with Crippen LogP contribution in [0.3, 0.4) is 0 Å². The summed E-state index contributed by atoms with van der Waals surface area (Å²) in [6.07, 6.45) is 1.43. The number of rotatable bonds is 5. The van der Waals surface area contributed by atoms with Crippen LogP contribution in [0.15, 0.2) is 40.4 Å². The standard InChI is InChI=1S/C22H20BrClN2O4S/c1-11(2)30-19-15(23)9-13(10-18(19)29-4)8-14-20(27)25-22(31)26(21(14)28)17-7-5-6-16(24)12(17)3/h5-11H,1-4H3,(H,25,27,31)/b14-8+. The molecule has 31 heavy (non-hydrogen) atoms. The van der Waals surface area contributed by atoms with E-state index in [1.807, 2.05) is 13.8 Å². The van der Waals surface area contributed by atoms with Crippen LogP contribution in [-0.2, 0) is 9.59 Å². The van der Waals surface area contributed by atoms with Gasteiger partial charge in [0.25, 0.3) is 11.8 Å². The van der Waals surface area contributed by atoms with Gasteiger partial charge >= 0.3 is 0 Å². The summed E-state index contributed by atoms with van der Waals surface area (Å²) in [6.45, 7) is 5.59. The monoisotopic (exact) mass is 522 g/mol. The molecule has 2 aromatic carbocycles. The van der Waals surface area contributed by atoms with Crippen LogP contribution in [-0.4, -0.2) is 30.1 Å². The summed E-state index contributed by atoms with van der Waals surface area (Å²) in [7, 11) is 1.52. The molecule has 2 aromatic rings. The fourth-order valence-electron chi connectivity index (χ4n) is 3.05. The van der Waals surface area contributed by atoms with Crippen molar-refractivity contribution in [3.8, 4) is 11.5 Å². The van der Waals surface area contributed by atoms with Crippen molar-refractivity contribution < 1.29 is 19.1 Å². The Balaban J connectivity index is 2.06. The fourth-order valence-corrected chi connectivity index (χ4v) is 4.05. The normalized spacial score (nSPS) is 15.5. The van der Waals surface area contributed by atoms with Crippen LogP contribution in [0, 0.1) is 6.92 Å². The molecule has 0 spiro atoms. The van der Waals surface area contributed by atoms with Crippen molar-refractivity contribution in [3.63, 3.8) is 0 Å². The molecule has 9 heteroatoms. The molecule has 2 amide bonds. The van der Waals surface area contributed by atoms with Gasteiger partial charge in [-0.05, 0) is 90.4 Å². The highest BCUT2D eigenvalue weighted by atomic mass is 79.9. The maximum Gasteiger partial charge on any atom is 0.270 e. The van der Waals surface area contributed by atoms with E-state index in [-0.39, 0.29) is 16.8 Å². The van der Waals surface area contributed by atoms with Gasteiger partial charge in [-0.3, -0.25) is 19.8 Å². The molecule has 1 N–H and O–H groups in total. The zero-order valence-electron chi connectivity index (χ0n) is 17.3. The lowest BCUT2D eigenvalue weighted by Crippen LogP contribution is -2.54. The second-order valence-corrected chi connectivity index (χ2v) is 8.69. The first-order valence-corrected chi connectivity index (χ1v) is 10.9. The maximum atomic E-state index is 13.3. The van der Waals surface area contributed by atoms with E-state index in [9.17, 15) is 9.59 Å². The Kier molecular flexibility index (Phi) is 7.03. The van der Waals surface area contributed by atoms with Crippen LogP contribution in [0.4, 0.5) is 5.69 Å². The van der Waals surface area contributed by atoms with E-state index in [4.69, 9.17) is 33.3 Å². The highest BCUT2D eigenvalue weighted by Crippen LogP contribution is 2.38. The molecule has 6 nitrogen and oxygen atoms in total. The summed E-state index contributed by atoms with van der Waals surface area (Å²) >= 11 is 14.9. The molecule has 1 aliphatic heterocycles.